The highest BCUT2D eigenvalue weighted by atomic mass is 15.2. The molecule has 0 heterocycles. The highest BCUT2D eigenvalue weighted by Gasteiger charge is 2.34. The summed E-state index contributed by atoms with van der Waals surface area (Å²) >= 11 is 0. The quantitative estimate of drug-likeness (QED) is 0.536. The van der Waals surface area contributed by atoms with Crippen molar-refractivity contribution in [3.8, 4) is 0 Å². The van der Waals surface area contributed by atoms with Gasteiger partial charge in [-0.3, -0.25) is 4.99 Å². The van der Waals surface area contributed by atoms with Gasteiger partial charge >= 0.3 is 0 Å². The molecule has 0 atom stereocenters. The molecule has 0 radical (unpaired) electrons. The second-order valence-electron chi connectivity index (χ2n) is 5.46. The van der Waals surface area contributed by atoms with Crippen molar-refractivity contribution in [1.29, 1.82) is 0 Å². The Morgan fingerprint density at radius 2 is 2.00 bits per heavy atom. The Hall–Kier alpha value is -0.770. The monoisotopic (exact) mass is 254 g/mol. The van der Waals surface area contributed by atoms with Gasteiger partial charge < -0.3 is 15.5 Å². The molecular weight excluding hydrogens is 224 g/mol. The molecule has 2 N–H and O–H groups in total. The fraction of sp³-hybridized carbons (Fsp3) is 0.929. The normalized spacial score (nSPS) is 18.6. The first-order valence-electron chi connectivity index (χ1n) is 7.29. The summed E-state index contributed by atoms with van der Waals surface area (Å²) in [6.45, 7) is 8.63. The van der Waals surface area contributed by atoms with Gasteiger partial charge in [0.1, 0.15) is 0 Å². The van der Waals surface area contributed by atoms with Crippen molar-refractivity contribution in [2.75, 3.05) is 40.3 Å². The van der Waals surface area contributed by atoms with Crippen LogP contribution in [0.25, 0.3) is 0 Å². The molecule has 4 nitrogen and oxygen atoms in total. The second kappa shape index (κ2) is 7.62. The van der Waals surface area contributed by atoms with E-state index in [2.05, 4.69) is 41.4 Å². The Labute approximate surface area is 112 Å². The molecule has 0 saturated heterocycles. The molecule has 0 aromatic rings. The van der Waals surface area contributed by atoms with Gasteiger partial charge in [0.2, 0.25) is 0 Å². The first-order chi connectivity index (χ1) is 8.65. The third-order valence-electron chi connectivity index (χ3n) is 4.34. The van der Waals surface area contributed by atoms with E-state index in [1.165, 1.54) is 25.7 Å². The van der Waals surface area contributed by atoms with E-state index in [1.807, 2.05) is 7.05 Å². The molecule has 0 spiro atoms. The largest absolute Gasteiger partial charge is 0.356 e. The Balaban J connectivity index is 2.21. The predicted molar refractivity (Wildman–Crippen MR) is 79.1 cm³/mol. The van der Waals surface area contributed by atoms with Gasteiger partial charge in [0.05, 0.1) is 0 Å². The minimum Gasteiger partial charge on any atom is -0.356 e. The maximum absolute atomic E-state index is 4.28. The van der Waals surface area contributed by atoms with E-state index in [0.717, 1.165) is 32.1 Å². The van der Waals surface area contributed by atoms with E-state index >= 15 is 0 Å². The first-order valence-corrected chi connectivity index (χ1v) is 7.29. The summed E-state index contributed by atoms with van der Waals surface area (Å²) in [7, 11) is 3.98. The Morgan fingerprint density at radius 1 is 1.28 bits per heavy atom. The topological polar surface area (TPSA) is 39.7 Å². The number of hydrogen-bond acceptors (Lipinski definition) is 2. The van der Waals surface area contributed by atoms with E-state index in [4.69, 9.17) is 0 Å². The average molecular weight is 254 g/mol. The predicted octanol–water partition coefficient (Wildman–Crippen LogP) is 1.68. The summed E-state index contributed by atoms with van der Waals surface area (Å²) in [5.41, 5.74) is 0.540. The molecule has 18 heavy (non-hydrogen) atoms. The summed E-state index contributed by atoms with van der Waals surface area (Å²) < 4.78 is 0. The van der Waals surface area contributed by atoms with Crippen LogP contribution in [0.3, 0.4) is 0 Å². The number of aliphatic imine (C=N–C) groups is 1. The Bertz CT molecular complexity index is 253. The lowest BCUT2D eigenvalue weighted by atomic mass is 9.67. The molecule has 0 unspecified atom stereocenters. The third-order valence-corrected chi connectivity index (χ3v) is 4.34. The first kappa shape index (κ1) is 15.3. The van der Waals surface area contributed by atoms with Crippen LogP contribution in [0.15, 0.2) is 4.99 Å². The number of nitrogens with zero attached hydrogens (tertiary/aromatic N) is 2. The van der Waals surface area contributed by atoms with Crippen LogP contribution in [-0.4, -0.2) is 51.1 Å². The van der Waals surface area contributed by atoms with Crippen LogP contribution in [0.1, 0.15) is 39.5 Å². The molecular formula is C14H30N4. The molecule has 0 aliphatic heterocycles. The molecule has 1 fully saturated rings. The van der Waals surface area contributed by atoms with Crippen LogP contribution in [0, 0.1) is 5.41 Å². The summed E-state index contributed by atoms with van der Waals surface area (Å²) in [5.74, 6) is 0.944. The van der Waals surface area contributed by atoms with E-state index in [9.17, 15) is 0 Å². The van der Waals surface area contributed by atoms with Crippen molar-refractivity contribution in [1.82, 2.24) is 15.5 Å². The van der Waals surface area contributed by atoms with Crippen molar-refractivity contribution >= 4 is 5.96 Å². The summed E-state index contributed by atoms with van der Waals surface area (Å²) in [4.78, 5) is 6.57. The van der Waals surface area contributed by atoms with Crippen molar-refractivity contribution in [3.63, 3.8) is 0 Å². The van der Waals surface area contributed by atoms with Crippen LogP contribution in [0.5, 0.6) is 0 Å². The second-order valence-corrected chi connectivity index (χ2v) is 5.46. The molecule has 0 aromatic heterocycles. The molecule has 1 rings (SSSR count). The fourth-order valence-electron chi connectivity index (χ4n) is 2.35. The van der Waals surface area contributed by atoms with Crippen molar-refractivity contribution in [3.05, 3.63) is 0 Å². The number of nitrogens with one attached hydrogen (secondary N) is 2. The SMILES string of the molecule is CCN(C)CCNC(=NC)NCC1(CC)CCC1. The minimum atomic E-state index is 0.540. The molecule has 106 valence electrons. The van der Waals surface area contributed by atoms with Gasteiger partial charge in [-0.05, 0) is 38.3 Å². The van der Waals surface area contributed by atoms with Crippen LogP contribution >= 0.6 is 0 Å². The van der Waals surface area contributed by atoms with E-state index in [-0.39, 0.29) is 0 Å². The maximum atomic E-state index is 4.28. The Morgan fingerprint density at radius 3 is 2.44 bits per heavy atom. The van der Waals surface area contributed by atoms with E-state index in [0.29, 0.717) is 5.41 Å². The minimum absolute atomic E-state index is 0.540. The Kier molecular flexibility index (Phi) is 6.47. The lowest BCUT2D eigenvalue weighted by Gasteiger charge is -2.41. The summed E-state index contributed by atoms with van der Waals surface area (Å²) in [6, 6.07) is 0. The van der Waals surface area contributed by atoms with Gasteiger partial charge in [-0.15, -0.1) is 0 Å². The van der Waals surface area contributed by atoms with Gasteiger partial charge in [0.25, 0.3) is 0 Å². The summed E-state index contributed by atoms with van der Waals surface area (Å²) in [6.07, 6.45) is 5.40. The van der Waals surface area contributed by atoms with Crippen LogP contribution in [-0.2, 0) is 0 Å². The van der Waals surface area contributed by atoms with E-state index < -0.39 is 0 Å². The molecule has 1 aliphatic carbocycles. The zero-order valence-corrected chi connectivity index (χ0v) is 12.6. The van der Waals surface area contributed by atoms with Gasteiger partial charge in [-0.2, -0.15) is 0 Å². The smallest absolute Gasteiger partial charge is 0.191 e. The number of likely N-dealkylation sites (N-methyl/N-ethyl adjacent to an activating group) is 1. The zero-order chi connectivity index (χ0) is 13.4. The molecule has 0 aromatic carbocycles. The third kappa shape index (κ3) is 4.48. The molecule has 0 bridgehead atoms. The maximum Gasteiger partial charge on any atom is 0.191 e. The van der Waals surface area contributed by atoms with Crippen LogP contribution < -0.4 is 10.6 Å². The summed E-state index contributed by atoms with van der Waals surface area (Å²) in [5, 5.41) is 6.85. The van der Waals surface area contributed by atoms with Crippen LogP contribution in [0.2, 0.25) is 0 Å². The lowest BCUT2D eigenvalue weighted by molar-refractivity contribution is 0.131. The lowest BCUT2D eigenvalue weighted by Crippen LogP contribution is -2.47. The molecule has 1 aliphatic rings. The number of guanidine groups is 1. The standard InChI is InChI=1S/C14H30N4/c1-5-14(8-7-9-14)12-17-13(15-3)16-10-11-18(4)6-2/h5-12H2,1-4H3,(H2,15,16,17). The molecule has 0 amide bonds. The van der Waals surface area contributed by atoms with Crippen molar-refractivity contribution < 1.29 is 0 Å². The van der Waals surface area contributed by atoms with Gasteiger partial charge in [-0.25, -0.2) is 0 Å². The average Bonchev–Trinajstić information content (AvgIpc) is 2.35. The van der Waals surface area contributed by atoms with Crippen molar-refractivity contribution in [2.24, 2.45) is 10.4 Å². The highest BCUT2D eigenvalue weighted by Crippen LogP contribution is 2.42. The molecule has 4 heteroatoms. The van der Waals surface area contributed by atoms with Gasteiger partial charge in [-0.1, -0.05) is 20.3 Å². The zero-order valence-electron chi connectivity index (χ0n) is 12.6. The van der Waals surface area contributed by atoms with Gasteiger partial charge in [0, 0.05) is 26.7 Å². The molecule has 1 saturated carbocycles. The number of hydrogen-bond donors (Lipinski definition) is 2. The fourth-order valence-corrected chi connectivity index (χ4v) is 2.35. The van der Waals surface area contributed by atoms with E-state index in [1.54, 1.807) is 0 Å². The van der Waals surface area contributed by atoms with Gasteiger partial charge in [0.15, 0.2) is 5.96 Å². The van der Waals surface area contributed by atoms with Crippen LogP contribution in [0.4, 0.5) is 0 Å². The number of rotatable bonds is 7. The van der Waals surface area contributed by atoms with Crippen molar-refractivity contribution in [2.45, 2.75) is 39.5 Å². The highest BCUT2D eigenvalue weighted by molar-refractivity contribution is 5.79.